The Labute approximate surface area is 46.2 Å². The van der Waals surface area contributed by atoms with Crippen LogP contribution in [0.15, 0.2) is 11.0 Å². The Morgan fingerprint density at radius 3 is 2.29 bits per heavy atom. The number of allylic oxidation sites excluding steroid dienone is 1. The quantitative estimate of drug-likeness (QED) is 0.297. The van der Waals surface area contributed by atoms with Gasteiger partial charge in [0, 0.05) is 0 Å². The van der Waals surface area contributed by atoms with Gasteiger partial charge in [0.05, 0.1) is 0 Å². The summed E-state index contributed by atoms with van der Waals surface area (Å²) in [4.78, 5) is 4.12. The first-order valence-corrected chi connectivity index (χ1v) is 5.50. The molecule has 36 valence electrons. The van der Waals surface area contributed by atoms with Crippen molar-refractivity contribution in [3.63, 3.8) is 0 Å². The van der Waals surface area contributed by atoms with Crippen LogP contribution in [-0.4, -0.2) is 23.4 Å². The van der Waals surface area contributed by atoms with Crippen LogP contribution < -0.4 is 5.73 Å². The molecule has 7 heavy (non-hydrogen) atoms. The van der Waals surface area contributed by atoms with Crippen molar-refractivity contribution in [2.75, 3.05) is 0 Å². The molecule has 2 nitrogen and oxygen atoms in total. The van der Waals surface area contributed by atoms with E-state index in [0.29, 0.717) is 4.67 Å². The van der Waals surface area contributed by atoms with E-state index in [0.717, 1.165) is 0 Å². The molecular formula is C4H6GeN2. The van der Waals surface area contributed by atoms with E-state index in [-0.39, 0.29) is 0 Å². The number of amidine groups is 1. The summed E-state index contributed by atoms with van der Waals surface area (Å²) in [5.41, 5.74) is 5.17. The van der Waals surface area contributed by atoms with Crippen molar-refractivity contribution in [3.05, 3.63) is 11.0 Å². The van der Waals surface area contributed by atoms with Gasteiger partial charge in [-0.25, -0.2) is 0 Å². The molecule has 0 saturated heterocycles. The van der Waals surface area contributed by atoms with Crippen molar-refractivity contribution in [1.29, 1.82) is 5.41 Å². The minimum absolute atomic E-state index is 0.405. The molecule has 0 radical (unpaired) electrons. The molecule has 0 aromatic carbocycles. The second-order valence-electron chi connectivity index (χ2n) is 1.39. The van der Waals surface area contributed by atoms with E-state index in [4.69, 9.17) is 11.1 Å². The van der Waals surface area contributed by atoms with Gasteiger partial charge in [-0.15, -0.1) is 0 Å². The van der Waals surface area contributed by atoms with Gasteiger partial charge in [-0.2, -0.15) is 0 Å². The molecule has 0 aliphatic carbocycles. The Balaban J connectivity index is 2.60. The maximum absolute atomic E-state index is 6.92. The van der Waals surface area contributed by atoms with Crippen LogP contribution in [0.5, 0.6) is 0 Å². The molecule has 1 heterocycles. The van der Waals surface area contributed by atoms with Crippen LogP contribution in [0.4, 0.5) is 0 Å². The van der Waals surface area contributed by atoms with Crippen molar-refractivity contribution >= 4 is 23.4 Å². The van der Waals surface area contributed by atoms with E-state index in [1.807, 2.05) is 6.08 Å². The third-order valence-corrected chi connectivity index (χ3v) is 4.48. The number of hydrogen-bond donors (Lipinski definition) is 2. The summed E-state index contributed by atoms with van der Waals surface area (Å²) in [6.45, 7) is 0. The Kier molecular flexibility index (Phi) is 1.10. The van der Waals surface area contributed by atoms with Crippen LogP contribution >= 0.6 is 0 Å². The molecule has 1 aliphatic rings. The fourth-order valence-electron chi connectivity index (χ4n) is 0.372. The fourth-order valence-corrected chi connectivity index (χ4v) is 1.93. The number of nitrogens with two attached hydrogens (primary N) is 1. The van der Waals surface area contributed by atoms with Gasteiger partial charge >= 0.3 is 45.6 Å². The molecule has 1 aliphatic heterocycles. The van der Waals surface area contributed by atoms with Gasteiger partial charge in [0.15, 0.2) is 0 Å². The monoisotopic (exact) mass is 156 g/mol. The van der Waals surface area contributed by atoms with E-state index in [1.165, 1.54) is 0 Å². The molecule has 3 heteroatoms. The zero-order valence-electron chi connectivity index (χ0n) is 3.81. The van der Waals surface area contributed by atoms with Crippen molar-refractivity contribution in [2.45, 2.75) is 0 Å². The van der Waals surface area contributed by atoms with E-state index in [9.17, 15) is 0 Å². The number of rotatable bonds is 1. The maximum atomic E-state index is 6.92. The van der Waals surface area contributed by atoms with Crippen molar-refractivity contribution in [1.82, 2.24) is 0 Å². The Hall–Kier alpha value is -0.377. The first-order chi connectivity index (χ1) is 3.30. The van der Waals surface area contributed by atoms with Gasteiger partial charge in [0.1, 0.15) is 0 Å². The Morgan fingerprint density at radius 1 is 1.71 bits per heavy atom. The summed E-state index contributed by atoms with van der Waals surface area (Å²) < 4.78 is 0.405. The van der Waals surface area contributed by atoms with Gasteiger partial charge in [-0.1, -0.05) is 0 Å². The van der Waals surface area contributed by atoms with Gasteiger partial charge in [-0.3, -0.25) is 0 Å². The SMILES string of the molecule is N=[C](N)[Ge]1=[CH]C=[CH]1. The van der Waals surface area contributed by atoms with Crippen molar-refractivity contribution < 1.29 is 0 Å². The predicted octanol–water partition coefficient (Wildman–Crippen LogP) is -0.551. The summed E-state index contributed by atoms with van der Waals surface area (Å²) in [5.74, 6) is 0. The second-order valence-corrected chi connectivity index (χ2v) is 5.83. The molecule has 0 unspecified atom stereocenters. The summed E-state index contributed by atoms with van der Waals surface area (Å²) in [6.07, 6.45) is 1.97. The Morgan fingerprint density at radius 2 is 2.29 bits per heavy atom. The van der Waals surface area contributed by atoms with Gasteiger partial charge in [0.2, 0.25) is 0 Å². The summed E-state index contributed by atoms with van der Waals surface area (Å²) in [7, 11) is 0. The molecule has 0 spiro atoms. The molecule has 0 bridgehead atoms. The minimum atomic E-state index is -1.25. The van der Waals surface area contributed by atoms with Crippen LogP contribution in [0.25, 0.3) is 0 Å². The van der Waals surface area contributed by atoms with Crippen LogP contribution in [0, 0.1) is 5.41 Å². The number of hydrogen-bond acceptors (Lipinski definition) is 1. The van der Waals surface area contributed by atoms with Gasteiger partial charge in [0.25, 0.3) is 0 Å². The topological polar surface area (TPSA) is 49.9 Å². The summed E-state index contributed by atoms with van der Waals surface area (Å²) >= 11 is -1.25. The zero-order valence-corrected chi connectivity index (χ0v) is 5.91. The van der Waals surface area contributed by atoms with Crippen LogP contribution in [0.3, 0.4) is 0 Å². The fraction of sp³-hybridized carbons (Fsp3) is 0. The van der Waals surface area contributed by atoms with Crippen LogP contribution in [0.2, 0.25) is 0 Å². The summed E-state index contributed by atoms with van der Waals surface area (Å²) in [6, 6.07) is 0. The number of nitrogens with one attached hydrogen (secondary N) is 1. The standard InChI is InChI=1S/C4H6GeN2/c6-4(7)5-2-1-3-5/h1-3H,(H3,6,7). The molecule has 1 rings (SSSR count). The summed E-state index contributed by atoms with van der Waals surface area (Å²) in [5, 5.41) is 6.92. The molecule has 0 aromatic rings. The third-order valence-electron chi connectivity index (χ3n) is 0.863. The molecule has 0 saturated carbocycles. The molecule has 0 fully saturated rings. The van der Waals surface area contributed by atoms with E-state index in [2.05, 4.69) is 9.76 Å². The second kappa shape index (κ2) is 1.62. The van der Waals surface area contributed by atoms with Crippen molar-refractivity contribution in [2.24, 2.45) is 5.73 Å². The molecular weight excluding hydrogens is 149 g/mol. The first-order valence-electron chi connectivity index (χ1n) is 2.03. The van der Waals surface area contributed by atoms with E-state index in [1.54, 1.807) is 0 Å². The average molecular weight is 155 g/mol. The Bertz CT molecular complexity index is 157. The average Bonchev–Trinajstić information content (AvgIpc) is 1.23. The van der Waals surface area contributed by atoms with E-state index >= 15 is 0 Å². The molecule has 0 amide bonds. The van der Waals surface area contributed by atoms with Crippen LogP contribution in [0.1, 0.15) is 0 Å². The van der Waals surface area contributed by atoms with Crippen molar-refractivity contribution in [3.8, 4) is 0 Å². The van der Waals surface area contributed by atoms with Gasteiger partial charge in [-0.05, 0) is 0 Å². The normalized spacial score (nSPS) is 15.1. The van der Waals surface area contributed by atoms with E-state index < -0.39 is 13.9 Å². The predicted molar refractivity (Wildman–Crippen MR) is 32.9 cm³/mol. The molecule has 3 N–H and O–H groups in total. The third kappa shape index (κ3) is 0.797. The first kappa shape index (κ1) is 4.77. The van der Waals surface area contributed by atoms with Gasteiger partial charge < -0.3 is 0 Å². The molecule has 0 atom stereocenters. The zero-order chi connectivity index (χ0) is 5.28. The van der Waals surface area contributed by atoms with Crippen LogP contribution in [-0.2, 0) is 0 Å². The molecule has 0 aromatic heterocycles.